The molecule has 0 unspecified atom stereocenters. The minimum Gasteiger partial charge on any atom is -0.360 e. The summed E-state index contributed by atoms with van der Waals surface area (Å²) in [7, 11) is 0. The Morgan fingerprint density at radius 2 is 2.30 bits per heavy atom. The van der Waals surface area contributed by atoms with Gasteiger partial charge in [-0.2, -0.15) is 0 Å². The molecule has 0 saturated heterocycles. The lowest BCUT2D eigenvalue weighted by molar-refractivity contribution is 1.14. The number of hydrogen-bond donors (Lipinski definition) is 2. The fourth-order valence-corrected chi connectivity index (χ4v) is 3.38. The van der Waals surface area contributed by atoms with Crippen molar-refractivity contribution in [2.45, 2.75) is 32.2 Å². The molecule has 20 heavy (non-hydrogen) atoms. The van der Waals surface area contributed by atoms with E-state index in [1.165, 1.54) is 34.9 Å². The Morgan fingerprint density at radius 1 is 1.40 bits per heavy atom. The van der Waals surface area contributed by atoms with E-state index in [9.17, 15) is 0 Å². The number of fused-ring (bicyclic) bond motifs is 1. The number of nitrogens with zero attached hydrogens (tertiary/aromatic N) is 1. The average Bonchev–Trinajstić information content (AvgIpc) is 3.00. The molecular formula is C16H17N3S. The summed E-state index contributed by atoms with van der Waals surface area (Å²) in [6.45, 7) is 2.19. The van der Waals surface area contributed by atoms with Crippen LogP contribution in [-0.4, -0.2) is 16.0 Å². The molecule has 1 saturated carbocycles. The van der Waals surface area contributed by atoms with Crippen molar-refractivity contribution in [2.75, 3.05) is 5.32 Å². The van der Waals surface area contributed by atoms with Crippen LogP contribution >= 0.6 is 11.3 Å². The molecule has 0 amide bonds. The maximum atomic E-state index is 4.73. The van der Waals surface area contributed by atoms with Gasteiger partial charge in [-0.05, 0) is 24.8 Å². The van der Waals surface area contributed by atoms with E-state index in [2.05, 4.69) is 47.0 Å². The third kappa shape index (κ3) is 2.00. The fraction of sp³-hybridized carbons (Fsp3) is 0.312. The first kappa shape index (κ1) is 12.0. The first-order valence-electron chi connectivity index (χ1n) is 7.16. The topological polar surface area (TPSA) is 40.7 Å². The van der Waals surface area contributed by atoms with Gasteiger partial charge in [-0.25, -0.2) is 4.98 Å². The van der Waals surface area contributed by atoms with Gasteiger partial charge in [-0.1, -0.05) is 25.1 Å². The van der Waals surface area contributed by atoms with Crippen molar-refractivity contribution >= 4 is 27.4 Å². The quantitative estimate of drug-likeness (QED) is 0.743. The van der Waals surface area contributed by atoms with Gasteiger partial charge in [0.1, 0.15) is 0 Å². The second-order valence-corrected chi connectivity index (χ2v) is 6.21. The van der Waals surface area contributed by atoms with Gasteiger partial charge in [-0.15, -0.1) is 11.3 Å². The van der Waals surface area contributed by atoms with Gasteiger partial charge in [0.2, 0.25) is 0 Å². The number of para-hydroxylation sites is 1. The number of hydrogen-bond acceptors (Lipinski definition) is 3. The van der Waals surface area contributed by atoms with Crippen LogP contribution in [0.2, 0.25) is 0 Å². The van der Waals surface area contributed by atoms with Crippen molar-refractivity contribution < 1.29 is 0 Å². The molecule has 1 aliphatic carbocycles. The Bertz CT molecular complexity index is 752. The van der Waals surface area contributed by atoms with Gasteiger partial charge in [-0.3, -0.25) is 0 Å². The van der Waals surface area contributed by atoms with E-state index in [-0.39, 0.29) is 0 Å². The first-order chi connectivity index (χ1) is 9.85. The van der Waals surface area contributed by atoms with Crippen LogP contribution in [-0.2, 0) is 6.42 Å². The summed E-state index contributed by atoms with van der Waals surface area (Å²) in [6, 6.07) is 7.15. The molecule has 1 aromatic carbocycles. The molecule has 3 aromatic rings. The number of aromatic nitrogens is 2. The predicted octanol–water partition coefficient (Wildman–Crippen LogP) is 4.43. The molecule has 1 aliphatic rings. The van der Waals surface area contributed by atoms with E-state index in [0.717, 1.165) is 17.2 Å². The van der Waals surface area contributed by atoms with Gasteiger partial charge in [0.15, 0.2) is 5.13 Å². The lowest BCUT2D eigenvalue weighted by atomic mass is 10.1. The highest BCUT2D eigenvalue weighted by molar-refractivity contribution is 7.14. The fourth-order valence-electron chi connectivity index (χ4n) is 2.59. The molecule has 4 heteroatoms. The Morgan fingerprint density at radius 3 is 3.10 bits per heavy atom. The molecule has 0 spiro atoms. The van der Waals surface area contributed by atoms with Gasteiger partial charge < -0.3 is 10.3 Å². The SMILES string of the molecule is CCc1cccc2c(-c3csc(NC4CC4)n3)c[nH]c12. The summed E-state index contributed by atoms with van der Waals surface area (Å²) in [5.74, 6) is 0. The third-order valence-corrected chi connectivity index (χ3v) is 4.64. The third-order valence-electron chi connectivity index (χ3n) is 3.87. The molecule has 2 aromatic heterocycles. The summed E-state index contributed by atoms with van der Waals surface area (Å²) in [4.78, 5) is 8.14. The van der Waals surface area contributed by atoms with E-state index in [0.29, 0.717) is 6.04 Å². The second-order valence-electron chi connectivity index (χ2n) is 5.35. The van der Waals surface area contributed by atoms with Gasteiger partial charge >= 0.3 is 0 Å². The van der Waals surface area contributed by atoms with Crippen LogP contribution in [0.4, 0.5) is 5.13 Å². The molecule has 0 radical (unpaired) electrons. The zero-order valence-electron chi connectivity index (χ0n) is 11.4. The van der Waals surface area contributed by atoms with Crippen LogP contribution in [0.25, 0.3) is 22.2 Å². The lowest BCUT2D eigenvalue weighted by Crippen LogP contribution is -1.99. The van der Waals surface area contributed by atoms with E-state index >= 15 is 0 Å². The molecule has 0 aliphatic heterocycles. The summed E-state index contributed by atoms with van der Waals surface area (Å²) in [6.07, 6.45) is 5.69. The highest BCUT2D eigenvalue weighted by Gasteiger charge is 2.22. The molecule has 102 valence electrons. The second kappa shape index (κ2) is 4.63. The van der Waals surface area contributed by atoms with Crippen LogP contribution in [0.15, 0.2) is 29.8 Å². The van der Waals surface area contributed by atoms with E-state index in [1.54, 1.807) is 11.3 Å². The van der Waals surface area contributed by atoms with Crippen molar-refractivity contribution in [3.63, 3.8) is 0 Å². The van der Waals surface area contributed by atoms with Crippen LogP contribution in [0.3, 0.4) is 0 Å². The molecule has 2 heterocycles. The largest absolute Gasteiger partial charge is 0.360 e. The van der Waals surface area contributed by atoms with Crippen molar-refractivity contribution in [1.29, 1.82) is 0 Å². The Hall–Kier alpha value is -1.81. The number of benzene rings is 1. The van der Waals surface area contributed by atoms with Gasteiger partial charge in [0.05, 0.1) is 5.69 Å². The van der Waals surface area contributed by atoms with E-state index < -0.39 is 0 Å². The monoisotopic (exact) mass is 283 g/mol. The highest BCUT2D eigenvalue weighted by atomic mass is 32.1. The standard InChI is InChI=1S/C16H17N3S/c1-2-10-4-3-5-12-13(8-17-15(10)12)14-9-20-16(19-14)18-11-6-7-11/h3-5,8-9,11,17H,2,6-7H2,1H3,(H,18,19). The number of H-pyrrole nitrogens is 1. The van der Waals surface area contributed by atoms with Crippen LogP contribution in [0.5, 0.6) is 0 Å². The van der Waals surface area contributed by atoms with Crippen LogP contribution in [0, 0.1) is 0 Å². The smallest absolute Gasteiger partial charge is 0.183 e. The average molecular weight is 283 g/mol. The van der Waals surface area contributed by atoms with Crippen molar-refractivity contribution in [1.82, 2.24) is 9.97 Å². The highest BCUT2D eigenvalue weighted by Crippen LogP contribution is 2.34. The molecular weight excluding hydrogens is 266 g/mol. The number of aromatic amines is 1. The van der Waals surface area contributed by atoms with E-state index in [4.69, 9.17) is 4.98 Å². The van der Waals surface area contributed by atoms with Gasteiger partial charge in [0.25, 0.3) is 0 Å². The summed E-state index contributed by atoms with van der Waals surface area (Å²) in [5, 5.41) is 7.93. The summed E-state index contributed by atoms with van der Waals surface area (Å²) >= 11 is 1.70. The summed E-state index contributed by atoms with van der Waals surface area (Å²) in [5.41, 5.74) is 4.88. The van der Waals surface area contributed by atoms with Crippen LogP contribution < -0.4 is 5.32 Å². The molecule has 4 rings (SSSR count). The van der Waals surface area contributed by atoms with Crippen molar-refractivity contribution in [2.24, 2.45) is 0 Å². The maximum Gasteiger partial charge on any atom is 0.183 e. The lowest BCUT2D eigenvalue weighted by Gasteiger charge is -2.00. The Labute approximate surface area is 122 Å². The normalized spacial score (nSPS) is 14.8. The summed E-state index contributed by atoms with van der Waals surface area (Å²) < 4.78 is 0. The van der Waals surface area contributed by atoms with Crippen molar-refractivity contribution in [3.05, 3.63) is 35.3 Å². The Balaban J connectivity index is 1.75. The maximum absolute atomic E-state index is 4.73. The minimum absolute atomic E-state index is 0.656. The number of thiazole rings is 1. The number of aryl methyl sites for hydroxylation is 1. The molecule has 3 nitrogen and oxygen atoms in total. The Kier molecular flexibility index (Phi) is 2.77. The molecule has 0 bridgehead atoms. The number of anilines is 1. The molecule has 0 atom stereocenters. The molecule has 1 fully saturated rings. The first-order valence-corrected chi connectivity index (χ1v) is 8.04. The van der Waals surface area contributed by atoms with E-state index in [1.807, 2.05) is 0 Å². The zero-order valence-corrected chi connectivity index (χ0v) is 12.3. The predicted molar refractivity (Wildman–Crippen MR) is 85.4 cm³/mol. The molecule has 2 N–H and O–H groups in total. The number of rotatable bonds is 4. The minimum atomic E-state index is 0.656. The zero-order chi connectivity index (χ0) is 13.5. The van der Waals surface area contributed by atoms with Crippen LogP contribution in [0.1, 0.15) is 25.3 Å². The van der Waals surface area contributed by atoms with Gasteiger partial charge in [0, 0.05) is 34.1 Å². The number of nitrogens with one attached hydrogen (secondary N) is 2. The van der Waals surface area contributed by atoms with Crippen molar-refractivity contribution in [3.8, 4) is 11.3 Å².